The first-order valence-electron chi connectivity index (χ1n) is 11.5. The molecule has 0 aliphatic carbocycles. The minimum Gasteiger partial charge on any atom is -0.355 e. The van der Waals surface area contributed by atoms with E-state index < -0.39 is 0 Å². The first-order valence-corrected chi connectivity index (χ1v) is 11.5. The number of likely N-dealkylation sites (tertiary alicyclic amines) is 1. The Morgan fingerprint density at radius 2 is 1.68 bits per heavy atom. The molecule has 7 heteroatoms. The van der Waals surface area contributed by atoms with Gasteiger partial charge in [-0.05, 0) is 56.5 Å². The summed E-state index contributed by atoms with van der Waals surface area (Å²) in [4.78, 5) is 26.3. The third-order valence-corrected chi connectivity index (χ3v) is 6.32. The van der Waals surface area contributed by atoms with E-state index in [4.69, 9.17) is 0 Å². The number of hydrogen-bond donors (Lipinski definition) is 1. The van der Waals surface area contributed by atoms with Crippen molar-refractivity contribution in [2.24, 2.45) is 5.92 Å². The molecule has 166 valence electrons. The van der Waals surface area contributed by atoms with Crippen LogP contribution in [-0.4, -0.2) is 60.0 Å². The summed E-state index contributed by atoms with van der Waals surface area (Å²) in [5.74, 6) is 0.499. The van der Waals surface area contributed by atoms with E-state index in [-0.39, 0.29) is 17.6 Å². The third-order valence-electron chi connectivity index (χ3n) is 6.32. The average Bonchev–Trinajstić information content (AvgIpc) is 3.09. The molecule has 1 N–H and O–H groups in total. The van der Waals surface area contributed by atoms with Gasteiger partial charge in [0, 0.05) is 44.1 Å². The van der Waals surface area contributed by atoms with Crippen molar-refractivity contribution in [2.45, 2.75) is 38.5 Å². The van der Waals surface area contributed by atoms with Crippen LogP contribution in [-0.2, 0) is 4.79 Å². The molecule has 2 aliphatic heterocycles. The van der Waals surface area contributed by atoms with Gasteiger partial charge >= 0.3 is 0 Å². The van der Waals surface area contributed by atoms with E-state index in [1.54, 1.807) is 24.5 Å². The molecule has 6 nitrogen and oxygen atoms in total. The lowest BCUT2D eigenvalue weighted by Crippen LogP contribution is -2.45. The minimum absolute atomic E-state index is 0.0294. The summed E-state index contributed by atoms with van der Waals surface area (Å²) in [7, 11) is 0. The third kappa shape index (κ3) is 6.00. The van der Waals surface area contributed by atoms with Crippen LogP contribution >= 0.6 is 0 Å². The number of hydrogen-bond acceptors (Lipinski definition) is 5. The summed E-state index contributed by atoms with van der Waals surface area (Å²) in [5, 5.41) is 3.15. The van der Waals surface area contributed by atoms with Gasteiger partial charge in [-0.15, -0.1) is 0 Å². The molecule has 1 amide bonds. The molecule has 4 rings (SSSR count). The Morgan fingerprint density at radius 1 is 0.968 bits per heavy atom. The number of halogens is 1. The number of rotatable bonds is 6. The number of amides is 1. The van der Waals surface area contributed by atoms with Gasteiger partial charge in [0.1, 0.15) is 5.82 Å². The minimum atomic E-state index is -0.259. The quantitative estimate of drug-likeness (QED) is 0.768. The van der Waals surface area contributed by atoms with Crippen molar-refractivity contribution in [3.8, 4) is 11.1 Å². The molecule has 2 fully saturated rings. The molecule has 2 saturated heterocycles. The molecular formula is C24H32FN5O. The van der Waals surface area contributed by atoms with Crippen molar-refractivity contribution < 1.29 is 9.18 Å². The van der Waals surface area contributed by atoms with E-state index >= 15 is 0 Å². The predicted molar refractivity (Wildman–Crippen MR) is 120 cm³/mol. The van der Waals surface area contributed by atoms with Crippen LogP contribution in [0, 0.1) is 11.7 Å². The summed E-state index contributed by atoms with van der Waals surface area (Å²) in [6.07, 6.45) is 10.6. The monoisotopic (exact) mass is 425 g/mol. The fourth-order valence-electron chi connectivity index (χ4n) is 4.49. The maximum Gasteiger partial charge on any atom is 0.225 e. The molecule has 3 heterocycles. The molecule has 2 aliphatic rings. The fourth-order valence-corrected chi connectivity index (χ4v) is 4.49. The highest BCUT2D eigenvalue weighted by Crippen LogP contribution is 2.23. The molecule has 1 aromatic carbocycles. The van der Waals surface area contributed by atoms with Gasteiger partial charge in [0.2, 0.25) is 11.9 Å². The number of carbonyl (C=O) groups excluding carboxylic acids is 1. The lowest BCUT2D eigenvalue weighted by atomic mass is 9.97. The molecule has 0 unspecified atom stereocenters. The van der Waals surface area contributed by atoms with E-state index in [2.05, 4.69) is 25.1 Å². The maximum absolute atomic E-state index is 13.1. The van der Waals surface area contributed by atoms with Crippen LogP contribution in [0.5, 0.6) is 0 Å². The van der Waals surface area contributed by atoms with E-state index in [1.807, 2.05) is 0 Å². The van der Waals surface area contributed by atoms with E-state index in [1.165, 1.54) is 37.8 Å². The summed E-state index contributed by atoms with van der Waals surface area (Å²) in [5.41, 5.74) is 1.73. The summed E-state index contributed by atoms with van der Waals surface area (Å²) < 4.78 is 13.1. The summed E-state index contributed by atoms with van der Waals surface area (Å²) >= 11 is 0. The van der Waals surface area contributed by atoms with Gasteiger partial charge in [-0.2, -0.15) is 0 Å². The van der Waals surface area contributed by atoms with E-state index in [0.29, 0.717) is 12.5 Å². The van der Waals surface area contributed by atoms with Crippen molar-refractivity contribution in [1.82, 2.24) is 20.2 Å². The number of carbonyl (C=O) groups is 1. The Morgan fingerprint density at radius 3 is 2.39 bits per heavy atom. The zero-order valence-electron chi connectivity index (χ0n) is 18.1. The number of aromatic nitrogens is 2. The number of nitrogens with one attached hydrogen (secondary N) is 1. The Hall–Kier alpha value is -2.54. The van der Waals surface area contributed by atoms with E-state index in [9.17, 15) is 9.18 Å². The Kier molecular flexibility index (Phi) is 7.46. The highest BCUT2D eigenvalue weighted by molar-refractivity contribution is 5.79. The molecular weight excluding hydrogens is 393 g/mol. The number of anilines is 1. The molecule has 1 aromatic heterocycles. The number of nitrogens with zero attached hydrogens (tertiary/aromatic N) is 4. The SMILES string of the molecule is O=C(NCCN1CCCCCC1)[C@H]1CCCN(c2ncc(-c3ccc(F)cc3)cn2)C1. The Bertz CT molecular complexity index is 834. The zero-order chi connectivity index (χ0) is 21.5. The normalized spacial score (nSPS) is 20.3. The van der Waals surface area contributed by atoms with Crippen LogP contribution in [0.2, 0.25) is 0 Å². The van der Waals surface area contributed by atoms with Crippen LogP contribution in [0.1, 0.15) is 38.5 Å². The molecule has 31 heavy (non-hydrogen) atoms. The van der Waals surface area contributed by atoms with Gasteiger partial charge in [0.15, 0.2) is 0 Å². The number of benzene rings is 1. The zero-order valence-corrected chi connectivity index (χ0v) is 18.1. The molecule has 2 aromatic rings. The number of piperidine rings is 1. The van der Waals surface area contributed by atoms with Gasteiger partial charge < -0.3 is 15.1 Å². The molecule has 0 saturated carbocycles. The topological polar surface area (TPSA) is 61.4 Å². The van der Waals surface area contributed by atoms with Crippen LogP contribution in [0.15, 0.2) is 36.7 Å². The van der Waals surface area contributed by atoms with Crippen LogP contribution in [0.25, 0.3) is 11.1 Å². The van der Waals surface area contributed by atoms with Crippen LogP contribution in [0.3, 0.4) is 0 Å². The molecule has 0 radical (unpaired) electrons. The first-order chi connectivity index (χ1) is 15.2. The van der Waals surface area contributed by atoms with E-state index in [0.717, 1.165) is 56.7 Å². The Labute approximate surface area is 183 Å². The van der Waals surface area contributed by atoms with Crippen molar-refractivity contribution >= 4 is 11.9 Å². The summed E-state index contributed by atoms with van der Waals surface area (Å²) in [6.45, 7) is 5.46. The van der Waals surface area contributed by atoms with Crippen LogP contribution in [0.4, 0.5) is 10.3 Å². The predicted octanol–water partition coefficient (Wildman–Crippen LogP) is 3.49. The molecule has 1 atom stereocenters. The first kappa shape index (κ1) is 21.7. The van der Waals surface area contributed by atoms with Gasteiger partial charge in [0.25, 0.3) is 0 Å². The standard InChI is InChI=1S/C24H32FN5O/c25-22-9-7-19(8-10-22)21-16-27-24(28-17-21)30-14-5-6-20(18-30)23(31)26-11-15-29-12-3-1-2-4-13-29/h7-10,16-17,20H,1-6,11-15,18H2,(H,26,31)/t20-/m0/s1. The highest BCUT2D eigenvalue weighted by atomic mass is 19.1. The maximum atomic E-state index is 13.1. The average molecular weight is 426 g/mol. The van der Waals surface area contributed by atoms with Gasteiger partial charge in [-0.1, -0.05) is 25.0 Å². The van der Waals surface area contributed by atoms with Crippen molar-refractivity contribution in [3.05, 3.63) is 42.5 Å². The lowest BCUT2D eigenvalue weighted by molar-refractivity contribution is -0.125. The highest BCUT2D eigenvalue weighted by Gasteiger charge is 2.27. The summed E-state index contributed by atoms with van der Waals surface area (Å²) in [6, 6.07) is 6.31. The largest absolute Gasteiger partial charge is 0.355 e. The van der Waals surface area contributed by atoms with Crippen molar-refractivity contribution in [1.29, 1.82) is 0 Å². The van der Waals surface area contributed by atoms with Gasteiger partial charge in [-0.25, -0.2) is 14.4 Å². The van der Waals surface area contributed by atoms with Crippen molar-refractivity contribution in [3.63, 3.8) is 0 Å². The fraction of sp³-hybridized carbons (Fsp3) is 0.542. The second-order valence-corrected chi connectivity index (χ2v) is 8.61. The smallest absolute Gasteiger partial charge is 0.225 e. The lowest BCUT2D eigenvalue weighted by Gasteiger charge is -2.32. The molecule has 0 spiro atoms. The van der Waals surface area contributed by atoms with Gasteiger partial charge in [-0.3, -0.25) is 4.79 Å². The second-order valence-electron chi connectivity index (χ2n) is 8.61. The van der Waals surface area contributed by atoms with Crippen molar-refractivity contribution in [2.75, 3.05) is 44.2 Å². The van der Waals surface area contributed by atoms with Crippen LogP contribution < -0.4 is 10.2 Å². The Balaban J connectivity index is 1.28. The van der Waals surface area contributed by atoms with Gasteiger partial charge in [0.05, 0.1) is 5.92 Å². The molecule has 0 bridgehead atoms. The second kappa shape index (κ2) is 10.7.